The minimum absolute atomic E-state index is 0. The molecule has 0 saturated carbocycles. The lowest BCUT2D eigenvalue weighted by molar-refractivity contribution is -0.119. The van der Waals surface area contributed by atoms with Crippen LogP contribution in [0.2, 0.25) is 5.02 Å². The van der Waals surface area contributed by atoms with Crippen LogP contribution in [-0.2, 0) is 11.8 Å². The third kappa shape index (κ3) is 3.61. The maximum absolute atomic E-state index is 12.5. The number of aryl methyl sites for hydroxylation is 1. The van der Waals surface area contributed by atoms with Crippen LogP contribution in [0.1, 0.15) is 11.5 Å². The van der Waals surface area contributed by atoms with Crippen LogP contribution in [0.25, 0.3) is 0 Å². The summed E-state index contributed by atoms with van der Waals surface area (Å²) < 4.78 is 1.77. The summed E-state index contributed by atoms with van der Waals surface area (Å²) in [6.45, 7) is 1.48. The SMILES string of the molecule is Cl.Cn1cc([C@H]2CNC[C@@H]2C(=O)Nc2ccc(Cl)cc2)cn1. The van der Waals surface area contributed by atoms with Crippen molar-refractivity contribution in [3.05, 3.63) is 47.2 Å². The molecule has 2 atom stereocenters. The second-order valence-electron chi connectivity index (χ2n) is 5.31. The van der Waals surface area contributed by atoms with Crippen molar-refractivity contribution in [3.63, 3.8) is 0 Å². The highest BCUT2D eigenvalue weighted by atomic mass is 35.5. The lowest BCUT2D eigenvalue weighted by atomic mass is 9.90. The third-order valence-corrected chi connectivity index (χ3v) is 4.07. The summed E-state index contributed by atoms with van der Waals surface area (Å²) in [5.41, 5.74) is 1.86. The van der Waals surface area contributed by atoms with Crippen LogP contribution < -0.4 is 10.6 Å². The van der Waals surface area contributed by atoms with Crippen molar-refractivity contribution >= 4 is 35.6 Å². The van der Waals surface area contributed by atoms with E-state index in [1.54, 1.807) is 16.8 Å². The maximum Gasteiger partial charge on any atom is 0.229 e. The molecule has 1 aromatic carbocycles. The molecule has 1 fully saturated rings. The summed E-state index contributed by atoms with van der Waals surface area (Å²) in [6, 6.07) is 7.15. The van der Waals surface area contributed by atoms with E-state index in [0.29, 0.717) is 11.6 Å². The molecule has 2 heterocycles. The smallest absolute Gasteiger partial charge is 0.229 e. The minimum atomic E-state index is -0.0927. The van der Waals surface area contributed by atoms with Crippen LogP contribution in [0, 0.1) is 5.92 Å². The first-order valence-corrected chi connectivity index (χ1v) is 7.27. The van der Waals surface area contributed by atoms with Gasteiger partial charge in [-0.15, -0.1) is 12.4 Å². The molecule has 0 spiro atoms. The van der Waals surface area contributed by atoms with Gasteiger partial charge in [-0.2, -0.15) is 5.10 Å². The molecular weight excluding hydrogens is 323 g/mol. The van der Waals surface area contributed by atoms with Crippen LogP contribution in [0.3, 0.4) is 0 Å². The van der Waals surface area contributed by atoms with Gasteiger partial charge in [-0.3, -0.25) is 9.48 Å². The number of rotatable bonds is 3. The fourth-order valence-corrected chi connectivity index (χ4v) is 2.83. The Morgan fingerprint density at radius 1 is 1.36 bits per heavy atom. The Labute approximate surface area is 140 Å². The molecule has 22 heavy (non-hydrogen) atoms. The zero-order valence-corrected chi connectivity index (χ0v) is 13.7. The predicted octanol–water partition coefficient (Wildman–Crippen LogP) is 2.44. The molecule has 118 valence electrons. The molecule has 0 unspecified atom stereocenters. The number of halogens is 2. The van der Waals surface area contributed by atoms with Crippen molar-refractivity contribution in [2.75, 3.05) is 18.4 Å². The number of hydrogen-bond acceptors (Lipinski definition) is 3. The summed E-state index contributed by atoms with van der Waals surface area (Å²) in [5.74, 6) is 0.0899. The molecule has 2 N–H and O–H groups in total. The lowest BCUT2D eigenvalue weighted by Crippen LogP contribution is -2.28. The Kier molecular flexibility index (Phi) is 5.45. The molecule has 2 aromatic rings. The first-order chi connectivity index (χ1) is 10.1. The van der Waals surface area contributed by atoms with Gasteiger partial charge in [0.05, 0.1) is 12.1 Å². The van der Waals surface area contributed by atoms with E-state index in [2.05, 4.69) is 15.7 Å². The molecule has 1 amide bonds. The highest BCUT2D eigenvalue weighted by molar-refractivity contribution is 6.30. The molecule has 1 aliphatic rings. The number of hydrogen-bond donors (Lipinski definition) is 2. The summed E-state index contributed by atoms with van der Waals surface area (Å²) >= 11 is 5.85. The van der Waals surface area contributed by atoms with Crippen molar-refractivity contribution in [3.8, 4) is 0 Å². The molecule has 5 nitrogen and oxygen atoms in total. The molecular formula is C15H18Cl2N4O. The molecule has 0 aliphatic carbocycles. The summed E-state index contributed by atoms with van der Waals surface area (Å²) in [4.78, 5) is 12.5. The first kappa shape index (κ1) is 16.8. The number of anilines is 1. The molecule has 1 saturated heterocycles. The molecule has 1 aromatic heterocycles. The third-order valence-electron chi connectivity index (χ3n) is 3.82. The van der Waals surface area contributed by atoms with Gasteiger partial charge in [-0.05, 0) is 29.8 Å². The normalized spacial score (nSPS) is 20.5. The average Bonchev–Trinajstić information content (AvgIpc) is 3.09. The minimum Gasteiger partial charge on any atom is -0.326 e. The monoisotopic (exact) mass is 340 g/mol. The van der Waals surface area contributed by atoms with E-state index < -0.39 is 0 Å². The van der Waals surface area contributed by atoms with Gasteiger partial charge in [0.15, 0.2) is 0 Å². The highest BCUT2D eigenvalue weighted by Crippen LogP contribution is 2.29. The van der Waals surface area contributed by atoms with E-state index >= 15 is 0 Å². The molecule has 7 heteroatoms. The van der Waals surface area contributed by atoms with E-state index in [4.69, 9.17) is 11.6 Å². The average molecular weight is 341 g/mol. The molecule has 3 rings (SSSR count). The largest absolute Gasteiger partial charge is 0.326 e. The van der Waals surface area contributed by atoms with Gasteiger partial charge in [0.25, 0.3) is 0 Å². The zero-order valence-electron chi connectivity index (χ0n) is 12.1. The standard InChI is InChI=1S/C15H17ClN4O.ClH/c1-20-9-10(6-18-20)13-7-17-8-14(13)15(21)19-12-4-2-11(16)3-5-12;/h2-6,9,13-14,17H,7-8H2,1H3,(H,19,21);1H/t13-,14+;/m1./s1. The Morgan fingerprint density at radius 3 is 2.73 bits per heavy atom. The van der Waals surface area contributed by atoms with Crippen LogP contribution in [0.5, 0.6) is 0 Å². The number of aromatic nitrogens is 2. The van der Waals surface area contributed by atoms with Gasteiger partial charge in [0.1, 0.15) is 0 Å². The Morgan fingerprint density at radius 2 is 2.09 bits per heavy atom. The second kappa shape index (κ2) is 7.13. The fraction of sp³-hybridized carbons (Fsp3) is 0.333. The Bertz CT molecular complexity index is 641. The number of carbonyl (C=O) groups is 1. The van der Waals surface area contributed by atoms with Gasteiger partial charge < -0.3 is 10.6 Å². The number of amides is 1. The van der Waals surface area contributed by atoms with Crippen molar-refractivity contribution in [2.45, 2.75) is 5.92 Å². The summed E-state index contributed by atoms with van der Waals surface area (Å²) in [6.07, 6.45) is 3.81. The maximum atomic E-state index is 12.5. The molecule has 1 aliphatic heterocycles. The van der Waals surface area contributed by atoms with Gasteiger partial charge in [-0.25, -0.2) is 0 Å². The fourth-order valence-electron chi connectivity index (χ4n) is 2.70. The van der Waals surface area contributed by atoms with Crippen LogP contribution >= 0.6 is 24.0 Å². The Hall–Kier alpha value is -1.56. The molecule has 0 bridgehead atoms. The number of nitrogens with zero attached hydrogens (tertiary/aromatic N) is 2. The van der Waals surface area contributed by atoms with E-state index in [1.807, 2.05) is 31.6 Å². The highest BCUT2D eigenvalue weighted by Gasteiger charge is 2.34. The zero-order chi connectivity index (χ0) is 14.8. The van der Waals surface area contributed by atoms with Crippen molar-refractivity contribution in [2.24, 2.45) is 13.0 Å². The number of nitrogens with one attached hydrogen (secondary N) is 2. The van der Waals surface area contributed by atoms with E-state index in [-0.39, 0.29) is 30.2 Å². The van der Waals surface area contributed by atoms with E-state index in [1.165, 1.54) is 0 Å². The van der Waals surface area contributed by atoms with Crippen molar-refractivity contribution < 1.29 is 4.79 Å². The van der Waals surface area contributed by atoms with Crippen molar-refractivity contribution in [1.82, 2.24) is 15.1 Å². The molecule has 0 radical (unpaired) electrons. The topological polar surface area (TPSA) is 59.0 Å². The predicted molar refractivity (Wildman–Crippen MR) is 89.6 cm³/mol. The van der Waals surface area contributed by atoms with Crippen molar-refractivity contribution in [1.29, 1.82) is 0 Å². The Balaban J connectivity index is 0.00000176. The van der Waals surface area contributed by atoms with Gasteiger partial charge in [-0.1, -0.05) is 11.6 Å². The second-order valence-corrected chi connectivity index (χ2v) is 5.75. The quantitative estimate of drug-likeness (QED) is 0.902. The summed E-state index contributed by atoms with van der Waals surface area (Å²) in [5, 5.41) is 11.1. The van der Waals surface area contributed by atoms with Gasteiger partial charge in [0, 0.05) is 43.0 Å². The summed E-state index contributed by atoms with van der Waals surface area (Å²) in [7, 11) is 1.88. The van der Waals surface area contributed by atoms with E-state index in [0.717, 1.165) is 17.8 Å². The van der Waals surface area contributed by atoms with Gasteiger partial charge >= 0.3 is 0 Å². The lowest BCUT2D eigenvalue weighted by Gasteiger charge is -2.17. The van der Waals surface area contributed by atoms with Crippen LogP contribution in [-0.4, -0.2) is 28.8 Å². The first-order valence-electron chi connectivity index (χ1n) is 6.89. The van der Waals surface area contributed by atoms with Crippen LogP contribution in [0.15, 0.2) is 36.7 Å². The number of benzene rings is 1. The van der Waals surface area contributed by atoms with E-state index in [9.17, 15) is 4.79 Å². The van der Waals surface area contributed by atoms with Gasteiger partial charge in [0.2, 0.25) is 5.91 Å². The van der Waals surface area contributed by atoms with Crippen LogP contribution in [0.4, 0.5) is 5.69 Å². The number of carbonyl (C=O) groups excluding carboxylic acids is 1.